The fourth-order valence-corrected chi connectivity index (χ4v) is 4.37. The van der Waals surface area contributed by atoms with E-state index in [0.717, 1.165) is 56.1 Å². The summed E-state index contributed by atoms with van der Waals surface area (Å²) in [6, 6.07) is 10.1. The second-order valence-corrected chi connectivity index (χ2v) is 7.93. The van der Waals surface area contributed by atoms with E-state index in [0.29, 0.717) is 17.9 Å². The van der Waals surface area contributed by atoms with E-state index < -0.39 is 5.72 Å². The first-order chi connectivity index (χ1) is 15.2. The Labute approximate surface area is 180 Å². The molecule has 1 unspecified atom stereocenters. The molecule has 1 aromatic heterocycles. The van der Waals surface area contributed by atoms with Crippen LogP contribution < -0.4 is 4.90 Å². The summed E-state index contributed by atoms with van der Waals surface area (Å²) in [5.41, 5.74) is 1.57. The highest BCUT2D eigenvalue weighted by Gasteiger charge is 2.49. The number of ether oxygens (including phenoxy) is 1. The van der Waals surface area contributed by atoms with Crippen LogP contribution in [0.5, 0.6) is 0 Å². The number of hydrogen-bond donors (Lipinski definition) is 1. The molecule has 0 spiro atoms. The molecule has 0 aliphatic carbocycles. The van der Waals surface area contributed by atoms with Crippen molar-refractivity contribution < 1.29 is 19.1 Å². The summed E-state index contributed by atoms with van der Waals surface area (Å²) < 4.78 is 18.8. The van der Waals surface area contributed by atoms with E-state index in [1.165, 1.54) is 12.1 Å². The third-order valence-electron chi connectivity index (χ3n) is 6.05. The normalized spacial score (nSPS) is 24.7. The number of aliphatic hydroxyl groups excluding tert-OH is 1. The highest BCUT2D eigenvalue weighted by molar-refractivity contribution is 6.03. The number of aromatic nitrogens is 1. The van der Waals surface area contributed by atoms with Gasteiger partial charge in [-0.1, -0.05) is 5.16 Å². The Bertz CT molecular complexity index is 987. The Hall–Kier alpha value is -2.97. The molecular formula is C23H25FN4O3. The Morgan fingerprint density at radius 1 is 1.10 bits per heavy atom. The average molecular weight is 424 g/mol. The zero-order valence-corrected chi connectivity index (χ0v) is 17.2. The molecule has 0 saturated carbocycles. The third-order valence-corrected chi connectivity index (χ3v) is 6.05. The van der Waals surface area contributed by atoms with Gasteiger partial charge in [0.15, 0.2) is 5.84 Å². The van der Waals surface area contributed by atoms with E-state index in [1.807, 2.05) is 17.2 Å². The topological polar surface area (TPSA) is 70.4 Å². The number of rotatable bonds is 4. The summed E-state index contributed by atoms with van der Waals surface area (Å²) >= 11 is 0. The number of aliphatic hydroxyl groups is 1. The zero-order chi connectivity index (χ0) is 21.3. The van der Waals surface area contributed by atoms with Crippen LogP contribution in [0.15, 0.2) is 53.3 Å². The maximum absolute atomic E-state index is 13.4. The lowest BCUT2D eigenvalue weighted by Gasteiger charge is -2.38. The average Bonchev–Trinajstić information content (AvgIpc) is 3.21. The van der Waals surface area contributed by atoms with Gasteiger partial charge in [0.2, 0.25) is 0 Å². The number of nitrogens with zero attached hydrogens (tertiary/aromatic N) is 4. The highest BCUT2D eigenvalue weighted by Crippen LogP contribution is 2.40. The minimum atomic E-state index is -1.12. The summed E-state index contributed by atoms with van der Waals surface area (Å²) in [4.78, 5) is 14.6. The van der Waals surface area contributed by atoms with Gasteiger partial charge in [-0.15, -0.1) is 0 Å². The molecule has 7 nitrogen and oxygen atoms in total. The molecule has 3 aliphatic heterocycles. The van der Waals surface area contributed by atoms with E-state index in [2.05, 4.69) is 27.2 Å². The molecule has 1 atom stereocenters. The van der Waals surface area contributed by atoms with Gasteiger partial charge in [-0.25, -0.2) is 9.37 Å². The van der Waals surface area contributed by atoms with Crippen molar-refractivity contribution in [2.45, 2.75) is 18.6 Å². The lowest BCUT2D eigenvalue weighted by Crippen LogP contribution is -2.51. The maximum Gasteiger partial charge on any atom is 0.260 e. The minimum Gasteiger partial charge on any atom is -0.390 e. The summed E-state index contributed by atoms with van der Waals surface area (Å²) in [7, 11) is 0. The van der Waals surface area contributed by atoms with Crippen molar-refractivity contribution in [3.05, 3.63) is 65.1 Å². The molecule has 0 amide bonds. The third kappa shape index (κ3) is 3.66. The van der Waals surface area contributed by atoms with Crippen LogP contribution in [0.4, 0.5) is 10.2 Å². The molecule has 1 aromatic carbocycles. The second kappa shape index (κ2) is 8.28. The van der Waals surface area contributed by atoms with E-state index in [4.69, 9.17) is 9.57 Å². The molecule has 31 heavy (non-hydrogen) atoms. The number of morpholine rings is 1. The van der Waals surface area contributed by atoms with Crippen LogP contribution in [0.3, 0.4) is 0 Å². The standard InChI is InChI=1S/C23H25FN4O3/c24-20-6-4-19(5-7-20)23(16-29)28-9-1-2-18(22(28)26-31-23)14-17-3-8-21(25-15-17)27-10-12-30-13-11-27/h3-8,14-15,29H,1-2,9-13,16H2. The van der Waals surface area contributed by atoms with Gasteiger partial charge < -0.3 is 24.5 Å². The summed E-state index contributed by atoms with van der Waals surface area (Å²) in [5, 5.41) is 14.6. The van der Waals surface area contributed by atoms with Crippen molar-refractivity contribution in [2.75, 3.05) is 44.4 Å². The molecule has 1 N–H and O–H groups in total. The first-order valence-corrected chi connectivity index (χ1v) is 10.6. The molecular weight excluding hydrogens is 399 g/mol. The molecule has 2 aromatic rings. The van der Waals surface area contributed by atoms with Gasteiger partial charge in [0.1, 0.15) is 18.2 Å². The SMILES string of the molecule is OCC1(c2ccc(F)cc2)ON=C2C(=Cc3ccc(N4CCOCC4)nc3)CCCN21. The van der Waals surface area contributed by atoms with E-state index in [1.54, 1.807) is 12.1 Å². The number of piperidine rings is 1. The number of hydrogen-bond acceptors (Lipinski definition) is 7. The molecule has 162 valence electrons. The number of amidine groups is 1. The van der Waals surface area contributed by atoms with Crippen LogP contribution in [0.2, 0.25) is 0 Å². The monoisotopic (exact) mass is 424 g/mol. The maximum atomic E-state index is 13.4. The van der Waals surface area contributed by atoms with Gasteiger partial charge in [0.05, 0.1) is 13.2 Å². The van der Waals surface area contributed by atoms with Crippen LogP contribution in [-0.4, -0.2) is 60.3 Å². The predicted octanol–water partition coefficient (Wildman–Crippen LogP) is 2.73. The molecule has 2 fully saturated rings. The van der Waals surface area contributed by atoms with Gasteiger partial charge in [-0.3, -0.25) is 0 Å². The predicted molar refractivity (Wildman–Crippen MR) is 115 cm³/mol. The highest BCUT2D eigenvalue weighted by atomic mass is 19.1. The Morgan fingerprint density at radius 3 is 2.61 bits per heavy atom. The first-order valence-electron chi connectivity index (χ1n) is 10.6. The van der Waals surface area contributed by atoms with Crippen LogP contribution in [0, 0.1) is 5.82 Å². The van der Waals surface area contributed by atoms with Crippen LogP contribution >= 0.6 is 0 Å². The van der Waals surface area contributed by atoms with Crippen molar-refractivity contribution >= 4 is 17.7 Å². The van der Waals surface area contributed by atoms with Crippen molar-refractivity contribution in [3.8, 4) is 0 Å². The van der Waals surface area contributed by atoms with Crippen LogP contribution in [0.1, 0.15) is 24.0 Å². The summed E-state index contributed by atoms with van der Waals surface area (Å²) in [6.07, 6.45) is 5.69. The largest absolute Gasteiger partial charge is 0.390 e. The molecule has 0 bridgehead atoms. The second-order valence-electron chi connectivity index (χ2n) is 7.93. The van der Waals surface area contributed by atoms with E-state index >= 15 is 0 Å². The first kappa shape index (κ1) is 20.0. The molecule has 8 heteroatoms. The lowest BCUT2D eigenvalue weighted by molar-refractivity contribution is -0.137. The van der Waals surface area contributed by atoms with Gasteiger partial charge in [-0.2, -0.15) is 0 Å². The van der Waals surface area contributed by atoms with Crippen LogP contribution in [0.25, 0.3) is 6.08 Å². The molecule has 5 rings (SSSR count). The zero-order valence-electron chi connectivity index (χ0n) is 17.2. The summed E-state index contributed by atoms with van der Waals surface area (Å²) in [5.74, 6) is 1.33. The molecule has 0 radical (unpaired) electrons. The molecule has 3 aliphatic rings. The number of pyridine rings is 1. The smallest absolute Gasteiger partial charge is 0.260 e. The van der Waals surface area contributed by atoms with Crippen LogP contribution in [-0.2, 0) is 15.3 Å². The fourth-order valence-electron chi connectivity index (χ4n) is 4.37. The fraction of sp³-hybridized carbons (Fsp3) is 0.391. The van der Waals surface area contributed by atoms with Crippen molar-refractivity contribution in [1.29, 1.82) is 0 Å². The Kier molecular flexibility index (Phi) is 5.33. The van der Waals surface area contributed by atoms with Gasteiger partial charge in [0, 0.05) is 31.4 Å². The van der Waals surface area contributed by atoms with E-state index in [9.17, 15) is 9.50 Å². The quantitative estimate of drug-likeness (QED) is 0.814. The Balaban J connectivity index is 1.39. The number of oxime groups is 1. The van der Waals surface area contributed by atoms with Gasteiger partial charge in [0.25, 0.3) is 5.72 Å². The van der Waals surface area contributed by atoms with Crippen molar-refractivity contribution in [2.24, 2.45) is 5.16 Å². The molecule has 2 saturated heterocycles. The van der Waals surface area contributed by atoms with Gasteiger partial charge in [-0.05, 0) is 66.5 Å². The number of benzene rings is 1. The lowest BCUT2D eigenvalue weighted by atomic mass is 9.95. The van der Waals surface area contributed by atoms with Gasteiger partial charge >= 0.3 is 0 Å². The van der Waals surface area contributed by atoms with E-state index in [-0.39, 0.29) is 12.4 Å². The summed E-state index contributed by atoms with van der Waals surface area (Å²) in [6.45, 7) is 3.57. The number of anilines is 1. The minimum absolute atomic E-state index is 0.283. The number of fused-ring (bicyclic) bond motifs is 1. The number of halogens is 1. The Morgan fingerprint density at radius 2 is 1.90 bits per heavy atom. The van der Waals surface area contributed by atoms with Crippen molar-refractivity contribution in [3.63, 3.8) is 0 Å². The van der Waals surface area contributed by atoms with Crippen molar-refractivity contribution in [1.82, 2.24) is 9.88 Å². The molecule has 4 heterocycles.